The Bertz CT molecular complexity index is 466. The number of nitrogens with one attached hydrogen (secondary N) is 1. The standard InChI is InChI=1S/C15H20BrNO2/c1-3-9(8-17-2)12-10-4-6-19-15(10)13(16)11-5-7-18-14(11)12/h9,17H,3-8H2,1-2H3. The molecule has 1 atom stereocenters. The maximum Gasteiger partial charge on any atom is 0.137 e. The molecule has 0 saturated carbocycles. The van der Waals surface area contributed by atoms with Crippen LogP contribution in [-0.4, -0.2) is 26.8 Å². The molecule has 19 heavy (non-hydrogen) atoms. The van der Waals surface area contributed by atoms with E-state index >= 15 is 0 Å². The van der Waals surface area contributed by atoms with Gasteiger partial charge in [0.2, 0.25) is 0 Å². The van der Waals surface area contributed by atoms with E-state index < -0.39 is 0 Å². The number of likely N-dealkylation sites (N-methyl/N-ethyl adjacent to an activating group) is 1. The van der Waals surface area contributed by atoms with Crippen LogP contribution in [0.25, 0.3) is 0 Å². The first-order valence-electron chi connectivity index (χ1n) is 7.05. The van der Waals surface area contributed by atoms with Crippen molar-refractivity contribution >= 4 is 15.9 Å². The molecule has 0 aliphatic carbocycles. The van der Waals surface area contributed by atoms with Gasteiger partial charge in [0.15, 0.2) is 0 Å². The van der Waals surface area contributed by atoms with E-state index in [0.29, 0.717) is 5.92 Å². The molecule has 0 spiro atoms. The summed E-state index contributed by atoms with van der Waals surface area (Å²) in [5.74, 6) is 2.69. The van der Waals surface area contributed by atoms with Gasteiger partial charge in [-0.05, 0) is 29.4 Å². The second kappa shape index (κ2) is 5.33. The Hall–Kier alpha value is -0.740. The van der Waals surface area contributed by atoms with Gasteiger partial charge in [0.1, 0.15) is 11.5 Å². The quantitative estimate of drug-likeness (QED) is 0.923. The predicted octanol–water partition coefficient (Wildman–Crippen LogP) is 3.03. The number of halogens is 1. The van der Waals surface area contributed by atoms with Crippen LogP contribution in [0, 0.1) is 0 Å². The van der Waals surface area contributed by atoms with Crippen LogP contribution in [0.2, 0.25) is 0 Å². The molecule has 0 saturated heterocycles. The predicted molar refractivity (Wildman–Crippen MR) is 79.5 cm³/mol. The highest BCUT2D eigenvalue weighted by Gasteiger charge is 2.32. The van der Waals surface area contributed by atoms with Crippen LogP contribution in [0.3, 0.4) is 0 Å². The summed E-state index contributed by atoms with van der Waals surface area (Å²) in [7, 11) is 2.01. The Morgan fingerprint density at radius 2 is 1.84 bits per heavy atom. The van der Waals surface area contributed by atoms with Crippen molar-refractivity contribution in [2.24, 2.45) is 0 Å². The molecule has 0 radical (unpaired) electrons. The highest BCUT2D eigenvalue weighted by atomic mass is 79.9. The molecule has 3 nitrogen and oxygen atoms in total. The van der Waals surface area contributed by atoms with Crippen LogP contribution in [0.4, 0.5) is 0 Å². The maximum atomic E-state index is 5.95. The number of hydrogen-bond acceptors (Lipinski definition) is 3. The van der Waals surface area contributed by atoms with Crippen molar-refractivity contribution in [3.8, 4) is 11.5 Å². The Kier molecular flexibility index (Phi) is 3.72. The maximum absolute atomic E-state index is 5.95. The molecule has 2 heterocycles. The van der Waals surface area contributed by atoms with E-state index in [4.69, 9.17) is 9.47 Å². The lowest BCUT2D eigenvalue weighted by molar-refractivity contribution is 0.349. The van der Waals surface area contributed by atoms with Gasteiger partial charge in [-0.15, -0.1) is 0 Å². The average Bonchev–Trinajstić information content (AvgIpc) is 3.06. The molecular weight excluding hydrogens is 306 g/mol. The van der Waals surface area contributed by atoms with Crippen LogP contribution >= 0.6 is 15.9 Å². The van der Waals surface area contributed by atoms with Crippen LogP contribution in [0.1, 0.15) is 36.0 Å². The first-order valence-corrected chi connectivity index (χ1v) is 7.84. The van der Waals surface area contributed by atoms with Crippen molar-refractivity contribution in [2.45, 2.75) is 32.1 Å². The minimum absolute atomic E-state index is 0.500. The molecule has 2 aliphatic rings. The van der Waals surface area contributed by atoms with Crippen molar-refractivity contribution in [1.29, 1.82) is 0 Å². The first kappa shape index (κ1) is 13.3. The fourth-order valence-corrected chi connectivity index (χ4v) is 3.95. The minimum atomic E-state index is 0.500. The van der Waals surface area contributed by atoms with Crippen LogP contribution < -0.4 is 14.8 Å². The van der Waals surface area contributed by atoms with Gasteiger partial charge in [-0.25, -0.2) is 0 Å². The molecule has 1 aromatic rings. The van der Waals surface area contributed by atoms with E-state index in [2.05, 4.69) is 28.2 Å². The Morgan fingerprint density at radius 1 is 1.16 bits per heavy atom. The summed E-state index contributed by atoms with van der Waals surface area (Å²) in [6, 6.07) is 0. The SMILES string of the molecule is CCC(CNC)c1c2c(c(Br)c3c1OCC3)OCC2. The summed E-state index contributed by atoms with van der Waals surface area (Å²) in [6.45, 7) is 4.81. The molecular formula is C15H20BrNO2. The van der Waals surface area contributed by atoms with Gasteiger partial charge in [0, 0.05) is 42.0 Å². The molecule has 2 aliphatic heterocycles. The molecule has 0 amide bonds. The van der Waals surface area contributed by atoms with E-state index in [1.165, 1.54) is 16.7 Å². The second-order valence-corrected chi connectivity index (χ2v) is 6.00. The summed E-state index contributed by atoms with van der Waals surface area (Å²) >= 11 is 3.71. The average molecular weight is 326 g/mol. The van der Waals surface area contributed by atoms with Gasteiger partial charge in [0.25, 0.3) is 0 Å². The van der Waals surface area contributed by atoms with E-state index in [9.17, 15) is 0 Å². The zero-order valence-corrected chi connectivity index (χ0v) is 13.1. The summed E-state index contributed by atoms with van der Waals surface area (Å²) in [5, 5.41) is 3.31. The number of benzene rings is 1. The van der Waals surface area contributed by atoms with Crippen LogP contribution in [0.15, 0.2) is 4.47 Å². The zero-order chi connectivity index (χ0) is 13.4. The fraction of sp³-hybridized carbons (Fsp3) is 0.600. The molecule has 4 heteroatoms. The molecule has 0 bridgehead atoms. The summed E-state index contributed by atoms with van der Waals surface area (Å²) in [5.41, 5.74) is 4.04. The summed E-state index contributed by atoms with van der Waals surface area (Å²) in [4.78, 5) is 0. The topological polar surface area (TPSA) is 30.5 Å². The van der Waals surface area contributed by atoms with Gasteiger partial charge >= 0.3 is 0 Å². The fourth-order valence-electron chi connectivity index (χ4n) is 3.22. The smallest absolute Gasteiger partial charge is 0.137 e. The highest BCUT2D eigenvalue weighted by molar-refractivity contribution is 9.10. The summed E-state index contributed by atoms with van der Waals surface area (Å²) < 4.78 is 12.9. The minimum Gasteiger partial charge on any atom is -0.493 e. The van der Waals surface area contributed by atoms with E-state index in [1.807, 2.05) is 7.05 Å². The van der Waals surface area contributed by atoms with Crippen LogP contribution in [0.5, 0.6) is 11.5 Å². The Labute approximate surface area is 122 Å². The largest absolute Gasteiger partial charge is 0.493 e. The number of ether oxygens (including phenoxy) is 2. The Morgan fingerprint density at radius 3 is 2.53 bits per heavy atom. The molecule has 0 fully saturated rings. The lowest BCUT2D eigenvalue weighted by Crippen LogP contribution is -2.18. The van der Waals surface area contributed by atoms with Crippen molar-refractivity contribution in [1.82, 2.24) is 5.32 Å². The van der Waals surface area contributed by atoms with Crippen molar-refractivity contribution < 1.29 is 9.47 Å². The highest BCUT2D eigenvalue weighted by Crippen LogP contribution is 2.49. The number of rotatable bonds is 4. The molecule has 0 aromatic heterocycles. The van der Waals surface area contributed by atoms with E-state index in [0.717, 1.165) is 55.0 Å². The lowest BCUT2D eigenvalue weighted by atomic mass is 9.88. The third-order valence-electron chi connectivity index (χ3n) is 4.13. The van der Waals surface area contributed by atoms with Crippen molar-refractivity contribution in [3.05, 3.63) is 21.2 Å². The Balaban J connectivity index is 2.17. The first-order chi connectivity index (χ1) is 9.27. The van der Waals surface area contributed by atoms with Gasteiger partial charge in [0.05, 0.1) is 17.7 Å². The van der Waals surface area contributed by atoms with Gasteiger partial charge in [-0.1, -0.05) is 6.92 Å². The number of fused-ring (bicyclic) bond motifs is 2. The van der Waals surface area contributed by atoms with Gasteiger partial charge in [-0.3, -0.25) is 0 Å². The molecule has 3 rings (SSSR count). The van der Waals surface area contributed by atoms with Crippen molar-refractivity contribution in [3.63, 3.8) is 0 Å². The zero-order valence-electron chi connectivity index (χ0n) is 11.5. The molecule has 1 N–H and O–H groups in total. The summed E-state index contributed by atoms with van der Waals surface area (Å²) in [6.07, 6.45) is 3.10. The van der Waals surface area contributed by atoms with Gasteiger partial charge in [-0.2, -0.15) is 0 Å². The van der Waals surface area contributed by atoms with Gasteiger partial charge < -0.3 is 14.8 Å². The van der Waals surface area contributed by atoms with Crippen LogP contribution in [-0.2, 0) is 12.8 Å². The number of hydrogen-bond donors (Lipinski definition) is 1. The third kappa shape index (κ3) is 2.05. The van der Waals surface area contributed by atoms with E-state index in [-0.39, 0.29) is 0 Å². The second-order valence-electron chi connectivity index (χ2n) is 5.20. The molecule has 1 aromatic carbocycles. The monoisotopic (exact) mass is 325 g/mol. The molecule has 104 valence electrons. The third-order valence-corrected chi connectivity index (χ3v) is 4.97. The van der Waals surface area contributed by atoms with E-state index in [1.54, 1.807) is 0 Å². The molecule has 1 unspecified atom stereocenters. The normalized spacial score (nSPS) is 17.6. The van der Waals surface area contributed by atoms with Crippen molar-refractivity contribution in [2.75, 3.05) is 26.8 Å². The lowest BCUT2D eigenvalue weighted by Gasteiger charge is -2.22.